The van der Waals surface area contributed by atoms with Gasteiger partial charge in [0.05, 0.1) is 5.52 Å². The van der Waals surface area contributed by atoms with Crippen molar-refractivity contribution in [3.05, 3.63) is 40.2 Å². The third kappa shape index (κ3) is 3.09. The smallest absolute Gasteiger partial charge is 0.278 e. The SMILES string of the molecule is CCn1nc(C(=O)N2CCNC[C@@H]2C)c(=O)c2ccccc21.Cl. The molecule has 0 unspecified atom stereocenters. The van der Waals surface area contributed by atoms with Crippen molar-refractivity contribution in [3.63, 3.8) is 0 Å². The van der Waals surface area contributed by atoms with E-state index in [2.05, 4.69) is 10.4 Å². The van der Waals surface area contributed by atoms with E-state index in [9.17, 15) is 9.59 Å². The number of hydrogen-bond acceptors (Lipinski definition) is 4. The first kappa shape index (κ1) is 17.4. The normalized spacial score (nSPS) is 17.8. The van der Waals surface area contributed by atoms with Gasteiger partial charge in [-0.1, -0.05) is 12.1 Å². The van der Waals surface area contributed by atoms with Crippen LogP contribution in [0, 0.1) is 0 Å². The molecule has 1 saturated heterocycles. The second-order valence-electron chi connectivity index (χ2n) is 5.56. The van der Waals surface area contributed by atoms with E-state index in [0.717, 1.165) is 18.6 Å². The fraction of sp³-hybridized carbons (Fsp3) is 0.438. The van der Waals surface area contributed by atoms with Gasteiger partial charge in [0.1, 0.15) is 0 Å². The Morgan fingerprint density at radius 1 is 1.39 bits per heavy atom. The van der Waals surface area contributed by atoms with Gasteiger partial charge in [0.2, 0.25) is 5.43 Å². The Morgan fingerprint density at radius 2 is 2.13 bits per heavy atom. The number of piperazine rings is 1. The van der Waals surface area contributed by atoms with Gasteiger partial charge in [0.25, 0.3) is 5.91 Å². The number of carbonyl (C=O) groups excluding carboxylic acids is 1. The predicted octanol–water partition coefficient (Wildman–Crippen LogP) is 1.27. The number of amides is 1. The summed E-state index contributed by atoms with van der Waals surface area (Å²) < 4.78 is 1.72. The highest BCUT2D eigenvalue weighted by molar-refractivity contribution is 5.95. The molecular weight excluding hydrogens is 316 g/mol. The molecule has 1 aromatic carbocycles. The van der Waals surface area contributed by atoms with Crippen molar-refractivity contribution in [3.8, 4) is 0 Å². The highest BCUT2D eigenvalue weighted by Crippen LogP contribution is 2.12. The molecular formula is C16H21ClN4O2. The van der Waals surface area contributed by atoms with E-state index >= 15 is 0 Å². The maximum Gasteiger partial charge on any atom is 0.278 e. The third-order valence-electron chi connectivity index (χ3n) is 4.13. The summed E-state index contributed by atoms with van der Waals surface area (Å²) in [5.41, 5.74) is 0.505. The van der Waals surface area contributed by atoms with Crippen molar-refractivity contribution in [2.75, 3.05) is 19.6 Å². The summed E-state index contributed by atoms with van der Waals surface area (Å²) in [6.45, 7) is 6.61. The van der Waals surface area contributed by atoms with E-state index in [1.165, 1.54) is 0 Å². The number of aryl methyl sites for hydroxylation is 1. The summed E-state index contributed by atoms with van der Waals surface area (Å²) in [5, 5.41) is 8.11. The lowest BCUT2D eigenvalue weighted by molar-refractivity contribution is 0.0646. The first-order chi connectivity index (χ1) is 10.6. The lowest BCUT2D eigenvalue weighted by atomic mass is 10.1. The Morgan fingerprint density at radius 3 is 2.83 bits per heavy atom. The minimum atomic E-state index is -0.281. The van der Waals surface area contributed by atoms with Crippen LogP contribution in [-0.4, -0.2) is 46.3 Å². The molecule has 0 aliphatic carbocycles. The molecule has 0 spiro atoms. The number of fused-ring (bicyclic) bond motifs is 1. The van der Waals surface area contributed by atoms with Crippen LogP contribution in [-0.2, 0) is 6.54 Å². The van der Waals surface area contributed by atoms with E-state index in [4.69, 9.17) is 0 Å². The number of nitrogens with one attached hydrogen (secondary N) is 1. The summed E-state index contributed by atoms with van der Waals surface area (Å²) in [7, 11) is 0. The average molecular weight is 337 g/mol. The van der Waals surface area contributed by atoms with E-state index in [0.29, 0.717) is 18.5 Å². The van der Waals surface area contributed by atoms with Crippen LogP contribution in [0.25, 0.3) is 10.9 Å². The van der Waals surface area contributed by atoms with E-state index in [-0.39, 0.29) is 35.5 Å². The number of rotatable bonds is 2. The van der Waals surface area contributed by atoms with E-state index in [1.54, 1.807) is 15.6 Å². The lowest BCUT2D eigenvalue weighted by Crippen LogP contribution is -2.53. The Balaban J connectivity index is 0.00000192. The molecule has 3 rings (SSSR count). The van der Waals surface area contributed by atoms with Gasteiger partial charge in [0.15, 0.2) is 5.69 Å². The molecule has 2 aromatic rings. The van der Waals surface area contributed by atoms with E-state index < -0.39 is 0 Å². The minimum absolute atomic E-state index is 0. The van der Waals surface area contributed by atoms with Crippen molar-refractivity contribution in [1.29, 1.82) is 0 Å². The number of aromatic nitrogens is 2. The number of hydrogen-bond donors (Lipinski definition) is 1. The van der Waals surface area contributed by atoms with Gasteiger partial charge in [-0.2, -0.15) is 5.10 Å². The fourth-order valence-electron chi connectivity index (χ4n) is 2.90. The van der Waals surface area contributed by atoms with Crippen LogP contribution >= 0.6 is 12.4 Å². The molecule has 0 radical (unpaired) electrons. The van der Waals surface area contributed by atoms with Gasteiger partial charge in [-0.05, 0) is 26.0 Å². The van der Waals surface area contributed by atoms with Crippen molar-refractivity contribution in [1.82, 2.24) is 20.0 Å². The maximum atomic E-state index is 12.8. The van der Waals surface area contributed by atoms with Gasteiger partial charge in [0, 0.05) is 37.6 Å². The quantitative estimate of drug-likeness (QED) is 0.897. The molecule has 1 N–H and O–H groups in total. The fourth-order valence-corrected chi connectivity index (χ4v) is 2.90. The number of nitrogens with zero attached hydrogens (tertiary/aromatic N) is 3. The van der Waals surface area contributed by atoms with Gasteiger partial charge >= 0.3 is 0 Å². The minimum Gasteiger partial charge on any atom is -0.332 e. The summed E-state index contributed by atoms with van der Waals surface area (Å²) in [6.07, 6.45) is 0. The molecule has 23 heavy (non-hydrogen) atoms. The zero-order chi connectivity index (χ0) is 15.7. The van der Waals surface area contributed by atoms with Crippen LogP contribution in [0.15, 0.2) is 29.1 Å². The van der Waals surface area contributed by atoms with Crippen LogP contribution in [0.1, 0.15) is 24.3 Å². The van der Waals surface area contributed by atoms with Gasteiger partial charge < -0.3 is 10.2 Å². The highest BCUT2D eigenvalue weighted by Gasteiger charge is 2.27. The van der Waals surface area contributed by atoms with Crippen LogP contribution in [0.4, 0.5) is 0 Å². The van der Waals surface area contributed by atoms with Crippen molar-refractivity contribution in [2.24, 2.45) is 0 Å². The molecule has 1 amide bonds. The van der Waals surface area contributed by atoms with Crippen molar-refractivity contribution >= 4 is 29.2 Å². The third-order valence-corrected chi connectivity index (χ3v) is 4.13. The zero-order valence-corrected chi connectivity index (χ0v) is 14.1. The number of carbonyl (C=O) groups is 1. The van der Waals surface area contributed by atoms with Crippen LogP contribution in [0.3, 0.4) is 0 Å². The summed E-state index contributed by atoms with van der Waals surface area (Å²) >= 11 is 0. The number of halogens is 1. The van der Waals surface area contributed by atoms with E-state index in [1.807, 2.05) is 32.0 Å². The molecule has 2 heterocycles. The van der Waals surface area contributed by atoms with Crippen molar-refractivity contribution < 1.29 is 4.79 Å². The first-order valence-corrected chi connectivity index (χ1v) is 7.65. The Kier molecular flexibility index (Phi) is 5.38. The molecule has 1 aliphatic rings. The van der Waals surface area contributed by atoms with Crippen LogP contribution in [0.5, 0.6) is 0 Å². The molecule has 1 aliphatic heterocycles. The lowest BCUT2D eigenvalue weighted by Gasteiger charge is -2.33. The standard InChI is InChI=1S/C16H20N4O2.ClH/c1-3-20-13-7-5-4-6-12(13)15(21)14(18-20)16(22)19-9-8-17-10-11(19)2;/h4-7,11,17H,3,8-10H2,1-2H3;1H/t11-;/m0./s1. The molecule has 1 fully saturated rings. The second kappa shape index (κ2) is 7.10. The Bertz CT molecular complexity index is 774. The second-order valence-corrected chi connectivity index (χ2v) is 5.56. The Hall–Kier alpha value is -1.92. The van der Waals surface area contributed by atoms with Gasteiger partial charge in [-0.15, -0.1) is 12.4 Å². The zero-order valence-electron chi connectivity index (χ0n) is 13.3. The summed E-state index contributed by atoms with van der Waals surface area (Å²) in [6, 6.07) is 7.35. The number of para-hydroxylation sites is 1. The molecule has 1 atom stereocenters. The molecule has 1 aromatic heterocycles. The van der Waals surface area contributed by atoms with Gasteiger partial charge in [-0.25, -0.2) is 0 Å². The first-order valence-electron chi connectivity index (χ1n) is 7.65. The molecule has 0 saturated carbocycles. The number of benzene rings is 1. The molecule has 7 heteroatoms. The largest absolute Gasteiger partial charge is 0.332 e. The topological polar surface area (TPSA) is 67.2 Å². The summed E-state index contributed by atoms with van der Waals surface area (Å²) in [5.74, 6) is -0.271. The Labute approximate surface area is 140 Å². The molecule has 6 nitrogen and oxygen atoms in total. The van der Waals surface area contributed by atoms with Crippen molar-refractivity contribution in [2.45, 2.75) is 26.4 Å². The van der Waals surface area contributed by atoms with Crippen LogP contribution < -0.4 is 10.7 Å². The average Bonchev–Trinajstić information content (AvgIpc) is 2.55. The predicted molar refractivity (Wildman–Crippen MR) is 92.3 cm³/mol. The molecule has 124 valence electrons. The summed E-state index contributed by atoms with van der Waals surface area (Å²) in [4.78, 5) is 27.1. The van der Waals surface area contributed by atoms with Crippen LogP contribution in [0.2, 0.25) is 0 Å². The van der Waals surface area contributed by atoms with Gasteiger partial charge in [-0.3, -0.25) is 14.3 Å². The maximum absolute atomic E-state index is 12.8. The monoisotopic (exact) mass is 336 g/mol. The molecule has 0 bridgehead atoms. The highest BCUT2D eigenvalue weighted by atomic mass is 35.5.